The molecule has 34 heavy (non-hydrogen) atoms. The largest absolute Gasteiger partial charge is 0.332 e. The molecule has 0 unspecified atom stereocenters. The lowest BCUT2D eigenvalue weighted by atomic mass is 10.1. The van der Waals surface area contributed by atoms with Crippen LogP contribution in [0.1, 0.15) is 20.8 Å². The van der Waals surface area contributed by atoms with E-state index < -0.39 is 20.5 Å². The first kappa shape index (κ1) is 24.0. The number of nitro benzene ring substituents is 1. The molecule has 0 aliphatic rings. The lowest BCUT2D eigenvalue weighted by Crippen LogP contribution is -2.40. The van der Waals surface area contributed by atoms with Gasteiger partial charge in [-0.2, -0.15) is 0 Å². The molecule has 0 saturated carbocycles. The maximum absolute atomic E-state index is 13.3. The van der Waals surface area contributed by atoms with Gasteiger partial charge in [0.2, 0.25) is 10.0 Å². The van der Waals surface area contributed by atoms with E-state index in [1.54, 1.807) is 63.5 Å². The molecule has 0 amide bonds. The zero-order valence-electron chi connectivity index (χ0n) is 18.5. The minimum Gasteiger partial charge on any atom is -0.332 e. The molecule has 12 heteroatoms. The Bertz CT molecular complexity index is 1420. The smallest absolute Gasteiger partial charge is 0.269 e. The summed E-state index contributed by atoms with van der Waals surface area (Å²) in [7, 11) is -3.87. The predicted molar refractivity (Wildman–Crippen MR) is 135 cm³/mol. The first-order chi connectivity index (χ1) is 16.0. The Hall–Kier alpha value is -3.19. The van der Waals surface area contributed by atoms with Crippen molar-refractivity contribution in [2.24, 2.45) is 0 Å². The molecule has 0 atom stereocenters. The van der Waals surface area contributed by atoms with Gasteiger partial charge in [-0.25, -0.2) is 23.1 Å². The summed E-state index contributed by atoms with van der Waals surface area (Å²) in [5.74, 6) is 0. The number of anilines is 2. The second kappa shape index (κ2) is 9.22. The first-order valence-corrected chi connectivity index (χ1v) is 13.3. The maximum Gasteiger partial charge on any atom is 0.269 e. The lowest BCUT2D eigenvalue weighted by Gasteiger charge is -2.22. The van der Waals surface area contributed by atoms with Gasteiger partial charge in [0.05, 0.1) is 14.7 Å². The normalized spacial score (nSPS) is 12.0. The Balaban J connectivity index is 1.75. The van der Waals surface area contributed by atoms with Crippen LogP contribution in [-0.4, -0.2) is 28.8 Å². The number of hydrogen-bond donors (Lipinski definition) is 2. The standard InChI is InChI=1S/C22H21N5O4S3/c1-22(2,3)26-34(30,31)19-12-15(25-21-23-10-11-32-21)6-9-17(19)18-13-24-20(33-18)14-4-7-16(8-5-14)27(28)29/h4-13,26H,1-3H3,(H,23,25). The molecule has 4 aromatic rings. The van der Waals surface area contributed by atoms with Crippen LogP contribution in [0.5, 0.6) is 0 Å². The number of hydrogen-bond acceptors (Lipinski definition) is 9. The summed E-state index contributed by atoms with van der Waals surface area (Å²) in [6.07, 6.45) is 3.28. The van der Waals surface area contributed by atoms with Gasteiger partial charge in [-0.3, -0.25) is 10.1 Å². The fraction of sp³-hybridized carbons (Fsp3) is 0.182. The number of non-ortho nitro benzene ring substituents is 1. The van der Waals surface area contributed by atoms with Gasteiger partial charge in [0.25, 0.3) is 5.69 Å². The molecule has 0 fully saturated rings. The number of nitrogens with one attached hydrogen (secondary N) is 2. The summed E-state index contributed by atoms with van der Waals surface area (Å²) in [5.41, 5.74) is 1.12. The Morgan fingerprint density at radius 3 is 2.41 bits per heavy atom. The fourth-order valence-corrected chi connectivity index (χ4v) is 6.39. The molecule has 0 radical (unpaired) electrons. The predicted octanol–water partition coefficient (Wildman–Crippen LogP) is 5.66. The third-order valence-electron chi connectivity index (χ3n) is 4.49. The molecule has 9 nitrogen and oxygen atoms in total. The number of thiazole rings is 2. The molecular weight excluding hydrogens is 494 g/mol. The number of sulfonamides is 1. The molecule has 2 aromatic carbocycles. The molecule has 0 saturated heterocycles. The Morgan fingerprint density at radius 2 is 1.79 bits per heavy atom. The van der Waals surface area contributed by atoms with Crippen LogP contribution < -0.4 is 10.0 Å². The Labute approximate surface area is 204 Å². The number of nitrogens with zero attached hydrogens (tertiary/aromatic N) is 3. The highest BCUT2D eigenvalue weighted by Gasteiger charge is 2.26. The Morgan fingerprint density at radius 1 is 1.06 bits per heavy atom. The molecule has 0 bridgehead atoms. The summed E-state index contributed by atoms with van der Waals surface area (Å²) in [5, 5.41) is 17.2. The molecule has 4 rings (SSSR count). The van der Waals surface area contributed by atoms with Crippen LogP contribution in [0.25, 0.3) is 21.0 Å². The molecule has 0 spiro atoms. The van der Waals surface area contributed by atoms with Gasteiger partial charge in [-0.05, 0) is 45.0 Å². The first-order valence-electron chi connectivity index (χ1n) is 10.1. The van der Waals surface area contributed by atoms with Gasteiger partial charge in [0, 0.05) is 52.3 Å². The van der Waals surface area contributed by atoms with E-state index in [0.717, 1.165) is 0 Å². The molecule has 2 N–H and O–H groups in total. The van der Waals surface area contributed by atoms with Crippen LogP contribution in [0, 0.1) is 10.1 Å². The maximum atomic E-state index is 13.3. The van der Waals surface area contributed by atoms with Crippen LogP contribution in [0.2, 0.25) is 0 Å². The van der Waals surface area contributed by atoms with Gasteiger partial charge < -0.3 is 5.32 Å². The van der Waals surface area contributed by atoms with Crippen molar-refractivity contribution in [2.75, 3.05) is 5.32 Å². The van der Waals surface area contributed by atoms with E-state index in [9.17, 15) is 18.5 Å². The third-order valence-corrected chi connectivity index (χ3v) is 8.06. The Kier molecular flexibility index (Phi) is 6.49. The van der Waals surface area contributed by atoms with Crippen LogP contribution >= 0.6 is 22.7 Å². The van der Waals surface area contributed by atoms with E-state index in [-0.39, 0.29) is 10.6 Å². The molecular formula is C22H21N5O4S3. The van der Waals surface area contributed by atoms with Crippen LogP contribution in [-0.2, 0) is 10.0 Å². The van der Waals surface area contributed by atoms with E-state index in [1.807, 2.05) is 5.38 Å². The van der Waals surface area contributed by atoms with Crippen molar-refractivity contribution in [3.63, 3.8) is 0 Å². The zero-order valence-corrected chi connectivity index (χ0v) is 20.9. The minimum atomic E-state index is -3.87. The van der Waals surface area contributed by atoms with Crippen molar-refractivity contribution in [1.82, 2.24) is 14.7 Å². The van der Waals surface area contributed by atoms with E-state index in [0.29, 0.717) is 31.8 Å². The summed E-state index contributed by atoms with van der Waals surface area (Å²) in [6.45, 7) is 5.34. The van der Waals surface area contributed by atoms with Crippen molar-refractivity contribution in [3.05, 3.63) is 70.4 Å². The summed E-state index contributed by atoms with van der Waals surface area (Å²) < 4.78 is 29.4. The van der Waals surface area contributed by atoms with Crippen molar-refractivity contribution >= 4 is 49.2 Å². The van der Waals surface area contributed by atoms with E-state index >= 15 is 0 Å². The summed E-state index contributed by atoms with van der Waals surface area (Å²) in [6, 6.07) is 11.2. The van der Waals surface area contributed by atoms with Crippen LogP contribution in [0.15, 0.2) is 65.1 Å². The van der Waals surface area contributed by atoms with Gasteiger partial charge in [0.1, 0.15) is 5.01 Å². The van der Waals surface area contributed by atoms with Crippen LogP contribution in [0.3, 0.4) is 0 Å². The highest BCUT2D eigenvalue weighted by molar-refractivity contribution is 7.89. The monoisotopic (exact) mass is 515 g/mol. The van der Waals surface area contributed by atoms with Crippen LogP contribution in [0.4, 0.5) is 16.5 Å². The van der Waals surface area contributed by atoms with Crippen molar-refractivity contribution in [1.29, 1.82) is 0 Å². The number of nitro groups is 1. The summed E-state index contributed by atoms with van der Waals surface area (Å²) >= 11 is 2.72. The fourth-order valence-electron chi connectivity index (χ4n) is 3.15. The second-order valence-electron chi connectivity index (χ2n) is 8.36. The van der Waals surface area contributed by atoms with Crippen molar-refractivity contribution in [3.8, 4) is 21.0 Å². The molecule has 2 aromatic heterocycles. The quantitative estimate of drug-likeness (QED) is 0.240. The minimum absolute atomic E-state index is 0.00881. The molecule has 0 aliphatic heterocycles. The molecule has 176 valence electrons. The average molecular weight is 516 g/mol. The topological polar surface area (TPSA) is 127 Å². The lowest BCUT2D eigenvalue weighted by molar-refractivity contribution is -0.384. The average Bonchev–Trinajstić information content (AvgIpc) is 3.44. The van der Waals surface area contributed by atoms with Gasteiger partial charge in [-0.1, -0.05) is 6.07 Å². The highest BCUT2D eigenvalue weighted by atomic mass is 32.2. The van der Waals surface area contributed by atoms with E-state index in [1.165, 1.54) is 34.8 Å². The number of rotatable bonds is 7. The van der Waals surface area contributed by atoms with Crippen molar-refractivity contribution in [2.45, 2.75) is 31.2 Å². The highest BCUT2D eigenvalue weighted by Crippen LogP contribution is 2.37. The molecule has 2 heterocycles. The SMILES string of the molecule is CC(C)(C)NS(=O)(=O)c1cc(Nc2nccs2)ccc1-c1cnc(-c2ccc([N+](=O)[O-])cc2)s1. The number of aromatic nitrogens is 2. The zero-order chi connectivity index (χ0) is 24.5. The second-order valence-corrected chi connectivity index (χ2v) is 11.9. The van der Waals surface area contributed by atoms with E-state index in [4.69, 9.17) is 0 Å². The van der Waals surface area contributed by atoms with Gasteiger partial charge in [-0.15, -0.1) is 22.7 Å². The summed E-state index contributed by atoms with van der Waals surface area (Å²) in [4.78, 5) is 19.8. The van der Waals surface area contributed by atoms with Gasteiger partial charge in [0.15, 0.2) is 5.13 Å². The molecule has 0 aliphatic carbocycles. The van der Waals surface area contributed by atoms with Crippen molar-refractivity contribution < 1.29 is 13.3 Å². The third kappa shape index (κ3) is 5.47. The van der Waals surface area contributed by atoms with E-state index in [2.05, 4.69) is 20.0 Å². The number of benzene rings is 2. The van der Waals surface area contributed by atoms with Gasteiger partial charge >= 0.3 is 0 Å².